The third-order valence-electron chi connectivity index (χ3n) is 5.41. The molecule has 0 saturated heterocycles. The van der Waals surface area contributed by atoms with Crippen LogP contribution >= 0.6 is 0 Å². The third kappa shape index (κ3) is 4.55. The van der Waals surface area contributed by atoms with Gasteiger partial charge in [0.2, 0.25) is 5.91 Å². The van der Waals surface area contributed by atoms with Crippen LogP contribution in [-0.4, -0.2) is 28.1 Å². The molecule has 6 nitrogen and oxygen atoms in total. The van der Waals surface area contributed by atoms with E-state index < -0.39 is 0 Å². The lowest BCUT2D eigenvalue weighted by atomic mass is 10.1. The Balaban J connectivity index is 1.71. The summed E-state index contributed by atoms with van der Waals surface area (Å²) in [6, 6.07) is 26.7. The second-order valence-corrected chi connectivity index (χ2v) is 7.70. The summed E-state index contributed by atoms with van der Waals surface area (Å²) in [4.78, 5) is 26.8. The van der Waals surface area contributed by atoms with E-state index in [0.717, 1.165) is 28.2 Å². The van der Waals surface area contributed by atoms with E-state index >= 15 is 0 Å². The lowest BCUT2D eigenvalue weighted by Crippen LogP contribution is -2.30. The van der Waals surface area contributed by atoms with Gasteiger partial charge in [-0.1, -0.05) is 48.5 Å². The summed E-state index contributed by atoms with van der Waals surface area (Å²) in [5, 5.41) is 7.62. The van der Waals surface area contributed by atoms with Crippen molar-refractivity contribution in [3.8, 4) is 16.8 Å². The number of rotatable bonds is 6. The van der Waals surface area contributed by atoms with E-state index in [2.05, 4.69) is 5.32 Å². The maximum absolute atomic E-state index is 13.1. The summed E-state index contributed by atoms with van der Waals surface area (Å²) in [6.45, 7) is 5.92. The van der Waals surface area contributed by atoms with E-state index in [9.17, 15) is 9.59 Å². The second kappa shape index (κ2) is 9.53. The van der Waals surface area contributed by atoms with Gasteiger partial charge in [-0.05, 0) is 55.8 Å². The molecule has 0 saturated carbocycles. The molecule has 0 radical (unpaired) electrons. The Morgan fingerprint density at radius 1 is 0.909 bits per heavy atom. The molecule has 0 spiro atoms. The van der Waals surface area contributed by atoms with Crippen molar-refractivity contribution < 1.29 is 9.59 Å². The number of nitrogens with one attached hydrogen (secondary N) is 1. The smallest absolute Gasteiger partial charge is 0.258 e. The van der Waals surface area contributed by atoms with E-state index in [4.69, 9.17) is 5.10 Å². The number of benzene rings is 3. The van der Waals surface area contributed by atoms with E-state index in [1.807, 2.05) is 86.6 Å². The quantitative estimate of drug-likeness (QED) is 0.434. The zero-order chi connectivity index (χ0) is 23.4. The zero-order valence-corrected chi connectivity index (χ0v) is 18.9. The number of nitrogens with zero attached hydrogens (tertiary/aromatic N) is 3. The normalized spacial score (nSPS) is 10.6. The van der Waals surface area contributed by atoms with Crippen molar-refractivity contribution in [3.05, 3.63) is 96.2 Å². The molecule has 2 amide bonds. The maximum Gasteiger partial charge on any atom is 0.258 e. The molecule has 0 aliphatic rings. The van der Waals surface area contributed by atoms with Crippen molar-refractivity contribution in [1.29, 1.82) is 0 Å². The summed E-state index contributed by atoms with van der Waals surface area (Å²) < 4.78 is 1.71. The van der Waals surface area contributed by atoms with Gasteiger partial charge >= 0.3 is 0 Å². The predicted molar refractivity (Wildman–Crippen MR) is 132 cm³/mol. The highest BCUT2D eigenvalue weighted by Gasteiger charge is 2.20. The molecule has 0 fully saturated rings. The molecule has 0 atom stereocenters. The molecule has 166 valence electrons. The van der Waals surface area contributed by atoms with E-state index in [-0.39, 0.29) is 11.8 Å². The standard InChI is InChI=1S/C27H26N4O2/c1-4-30(23-13-9-6-10-14-23)27(33)22-15-17-24(18-16-22)31-26(28-20(3)32)25(19(2)29-31)21-11-7-5-8-12-21/h5-18H,4H2,1-3H3,(H,28,32). The molecule has 0 bridgehead atoms. The molecule has 1 aromatic heterocycles. The van der Waals surface area contributed by atoms with Crippen molar-refractivity contribution in [2.24, 2.45) is 0 Å². The summed E-state index contributed by atoms with van der Waals surface area (Å²) in [5.41, 5.74) is 4.83. The number of carbonyl (C=O) groups excluding carboxylic acids is 2. The van der Waals surface area contributed by atoms with Gasteiger partial charge in [0.25, 0.3) is 5.91 Å². The van der Waals surface area contributed by atoms with Crippen molar-refractivity contribution in [1.82, 2.24) is 9.78 Å². The SMILES string of the molecule is CCN(C(=O)c1ccc(-n2nc(C)c(-c3ccccc3)c2NC(C)=O)cc1)c1ccccc1. The highest BCUT2D eigenvalue weighted by molar-refractivity contribution is 6.06. The van der Waals surface area contributed by atoms with Gasteiger partial charge in [-0.25, -0.2) is 4.68 Å². The fourth-order valence-electron chi connectivity index (χ4n) is 3.90. The van der Waals surface area contributed by atoms with Gasteiger partial charge in [0.15, 0.2) is 0 Å². The summed E-state index contributed by atoms with van der Waals surface area (Å²) in [6.07, 6.45) is 0. The van der Waals surface area contributed by atoms with Crippen LogP contribution in [0.3, 0.4) is 0 Å². The van der Waals surface area contributed by atoms with E-state index in [0.29, 0.717) is 17.9 Å². The first kappa shape index (κ1) is 22.0. The first-order chi connectivity index (χ1) is 16.0. The maximum atomic E-state index is 13.1. The van der Waals surface area contributed by atoms with Crippen LogP contribution in [0.4, 0.5) is 11.5 Å². The number of carbonyl (C=O) groups is 2. The summed E-state index contributed by atoms with van der Waals surface area (Å²) >= 11 is 0. The Labute approximate surface area is 193 Å². The summed E-state index contributed by atoms with van der Waals surface area (Å²) in [5.74, 6) is 0.352. The molecule has 0 unspecified atom stereocenters. The minimum Gasteiger partial charge on any atom is -0.310 e. The van der Waals surface area contributed by atoms with Crippen LogP contribution < -0.4 is 10.2 Å². The fourth-order valence-corrected chi connectivity index (χ4v) is 3.90. The Kier molecular flexibility index (Phi) is 6.36. The van der Waals surface area contributed by atoms with Crippen molar-refractivity contribution in [2.45, 2.75) is 20.8 Å². The van der Waals surface area contributed by atoms with Crippen LogP contribution in [0.1, 0.15) is 29.9 Å². The molecule has 4 rings (SSSR count). The molecule has 3 aromatic carbocycles. The van der Waals surface area contributed by atoms with Gasteiger partial charge in [0, 0.05) is 30.3 Å². The van der Waals surface area contributed by atoms with E-state index in [1.54, 1.807) is 21.7 Å². The Morgan fingerprint density at radius 3 is 2.09 bits per heavy atom. The number of hydrogen-bond acceptors (Lipinski definition) is 3. The summed E-state index contributed by atoms with van der Waals surface area (Å²) in [7, 11) is 0. The number of anilines is 2. The number of aryl methyl sites for hydroxylation is 1. The number of amides is 2. The molecule has 1 heterocycles. The Hall–Kier alpha value is -4.19. The fraction of sp³-hybridized carbons (Fsp3) is 0.148. The van der Waals surface area contributed by atoms with Crippen LogP contribution in [0.25, 0.3) is 16.8 Å². The Bertz CT molecular complexity index is 1260. The first-order valence-corrected chi connectivity index (χ1v) is 10.9. The molecule has 6 heteroatoms. The molecule has 4 aromatic rings. The lowest BCUT2D eigenvalue weighted by molar-refractivity contribution is -0.114. The minimum atomic E-state index is -0.179. The van der Waals surface area contributed by atoms with Gasteiger partial charge in [0.05, 0.1) is 11.4 Å². The van der Waals surface area contributed by atoms with Crippen molar-refractivity contribution in [3.63, 3.8) is 0 Å². The van der Waals surface area contributed by atoms with Gasteiger partial charge in [-0.2, -0.15) is 5.10 Å². The van der Waals surface area contributed by atoms with Crippen LogP contribution in [0.15, 0.2) is 84.9 Å². The molecule has 1 N–H and O–H groups in total. The monoisotopic (exact) mass is 438 g/mol. The van der Waals surface area contributed by atoms with Gasteiger partial charge in [0.1, 0.15) is 5.82 Å². The number of hydrogen-bond donors (Lipinski definition) is 1. The molecule has 0 aliphatic heterocycles. The molecule has 0 aliphatic carbocycles. The Morgan fingerprint density at radius 2 is 1.52 bits per heavy atom. The first-order valence-electron chi connectivity index (χ1n) is 10.9. The average Bonchev–Trinajstić information content (AvgIpc) is 3.15. The highest BCUT2D eigenvalue weighted by Crippen LogP contribution is 2.33. The number of aromatic nitrogens is 2. The third-order valence-corrected chi connectivity index (χ3v) is 5.41. The average molecular weight is 439 g/mol. The minimum absolute atomic E-state index is 0.0704. The highest BCUT2D eigenvalue weighted by atomic mass is 16.2. The van der Waals surface area contributed by atoms with Gasteiger partial charge < -0.3 is 10.2 Å². The lowest BCUT2D eigenvalue weighted by Gasteiger charge is -2.21. The van der Waals surface area contributed by atoms with Crippen LogP contribution in [0.5, 0.6) is 0 Å². The van der Waals surface area contributed by atoms with Crippen LogP contribution in [-0.2, 0) is 4.79 Å². The predicted octanol–water partition coefficient (Wildman–Crippen LogP) is 5.47. The largest absolute Gasteiger partial charge is 0.310 e. The molecule has 33 heavy (non-hydrogen) atoms. The van der Waals surface area contributed by atoms with Crippen molar-refractivity contribution in [2.75, 3.05) is 16.8 Å². The van der Waals surface area contributed by atoms with Crippen LogP contribution in [0, 0.1) is 6.92 Å². The van der Waals surface area contributed by atoms with E-state index in [1.165, 1.54) is 6.92 Å². The van der Waals surface area contributed by atoms with Crippen molar-refractivity contribution >= 4 is 23.3 Å². The zero-order valence-electron chi connectivity index (χ0n) is 18.9. The molecular formula is C27H26N4O2. The topological polar surface area (TPSA) is 67.2 Å². The molecular weight excluding hydrogens is 412 g/mol. The van der Waals surface area contributed by atoms with Crippen LogP contribution in [0.2, 0.25) is 0 Å². The number of para-hydroxylation sites is 1. The second-order valence-electron chi connectivity index (χ2n) is 7.70. The van der Waals surface area contributed by atoms with Gasteiger partial charge in [-0.3, -0.25) is 9.59 Å². The van der Waals surface area contributed by atoms with Gasteiger partial charge in [-0.15, -0.1) is 0 Å².